The van der Waals surface area contributed by atoms with Crippen molar-refractivity contribution in [3.63, 3.8) is 0 Å². The van der Waals surface area contributed by atoms with Gasteiger partial charge in [0.05, 0.1) is 6.61 Å². The Hall–Kier alpha value is 0.240. The standard InChI is InChI=1S/C5H10OS2.C4H10.2CH4/c1-3-4-6-5(7)8-2;1-3-4-2;;/h3-4H2,1-2H3;3-4H2,1-2H3;2*1H4. The van der Waals surface area contributed by atoms with Crippen molar-refractivity contribution in [1.29, 1.82) is 0 Å². The van der Waals surface area contributed by atoms with Crippen LogP contribution in [0.15, 0.2) is 0 Å². The first-order chi connectivity index (χ1) is 5.72. The van der Waals surface area contributed by atoms with Crippen LogP contribution in [0, 0.1) is 0 Å². The van der Waals surface area contributed by atoms with E-state index in [9.17, 15) is 0 Å². The minimum Gasteiger partial charge on any atom is -0.479 e. The Morgan fingerprint density at radius 2 is 1.50 bits per heavy atom. The highest BCUT2D eigenvalue weighted by molar-refractivity contribution is 8.22. The Kier molecular flexibility index (Phi) is 39.5. The molecule has 0 atom stereocenters. The van der Waals surface area contributed by atoms with Crippen molar-refractivity contribution in [1.82, 2.24) is 0 Å². The van der Waals surface area contributed by atoms with E-state index in [1.165, 1.54) is 24.6 Å². The van der Waals surface area contributed by atoms with E-state index in [2.05, 4.69) is 20.8 Å². The van der Waals surface area contributed by atoms with Gasteiger partial charge in [-0.25, -0.2) is 0 Å². The van der Waals surface area contributed by atoms with Crippen LogP contribution in [-0.2, 0) is 4.74 Å². The Labute approximate surface area is 101 Å². The van der Waals surface area contributed by atoms with Crippen molar-refractivity contribution in [2.75, 3.05) is 12.9 Å². The van der Waals surface area contributed by atoms with E-state index in [1.54, 1.807) is 0 Å². The fourth-order valence-corrected chi connectivity index (χ4v) is 0.529. The van der Waals surface area contributed by atoms with Crippen LogP contribution in [0.2, 0.25) is 0 Å². The van der Waals surface area contributed by atoms with E-state index in [0.717, 1.165) is 13.0 Å². The number of ether oxygens (including phenoxy) is 1. The maximum atomic E-state index is 5.03. The normalized spacial score (nSPS) is 7.14. The summed E-state index contributed by atoms with van der Waals surface area (Å²) in [5, 5.41) is 0. The predicted octanol–water partition coefficient (Wildman–Crippen LogP) is 5.14. The Morgan fingerprint density at radius 1 is 1.07 bits per heavy atom. The SMILES string of the molecule is C.C.CCCC.CCCOC(=S)SC. The monoisotopic (exact) mass is 240 g/mol. The van der Waals surface area contributed by atoms with Gasteiger partial charge >= 0.3 is 0 Å². The quantitative estimate of drug-likeness (QED) is 0.632. The van der Waals surface area contributed by atoms with Crippen LogP contribution in [0.4, 0.5) is 0 Å². The van der Waals surface area contributed by atoms with E-state index in [-0.39, 0.29) is 14.9 Å². The van der Waals surface area contributed by atoms with Crippen molar-refractivity contribution in [2.45, 2.75) is 54.9 Å². The zero-order valence-corrected chi connectivity index (χ0v) is 10.2. The third-order valence-electron chi connectivity index (χ3n) is 1.09. The summed E-state index contributed by atoms with van der Waals surface area (Å²) >= 11 is 6.24. The minimum absolute atomic E-state index is 0. The molecule has 0 bridgehead atoms. The second-order valence-electron chi connectivity index (χ2n) is 2.30. The molecule has 0 aliphatic carbocycles. The van der Waals surface area contributed by atoms with Crippen LogP contribution in [0.1, 0.15) is 54.9 Å². The Morgan fingerprint density at radius 3 is 1.71 bits per heavy atom. The van der Waals surface area contributed by atoms with Gasteiger partial charge in [0.15, 0.2) is 0 Å². The summed E-state index contributed by atoms with van der Waals surface area (Å²) < 4.78 is 5.68. The van der Waals surface area contributed by atoms with Gasteiger partial charge in [-0.05, 0) is 24.9 Å². The van der Waals surface area contributed by atoms with Crippen molar-refractivity contribution >= 4 is 28.4 Å². The molecule has 0 rings (SSSR count). The third-order valence-corrected chi connectivity index (χ3v) is 2.16. The molecule has 0 aromatic heterocycles. The van der Waals surface area contributed by atoms with Gasteiger partial charge in [0.1, 0.15) is 0 Å². The molecule has 1 nitrogen and oxygen atoms in total. The van der Waals surface area contributed by atoms with Gasteiger partial charge in [0.25, 0.3) is 0 Å². The van der Waals surface area contributed by atoms with Gasteiger partial charge in [0, 0.05) is 0 Å². The number of unbranched alkanes of at least 4 members (excludes halogenated alkanes) is 1. The van der Waals surface area contributed by atoms with Crippen LogP contribution in [0.5, 0.6) is 0 Å². The second-order valence-corrected chi connectivity index (χ2v) is 3.71. The lowest BCUT2D eigenvalue weighted by molar-refractivity contribution is 0.322. The molecule has 0 fully saturated rings. The number of thiocarbonyl (C=S) groups is 1. The lowest BCUT2D eigenvalue weighted by atomic mass is 10.4. The molecule has 0 N–H and O–H groups in total. The molecule has 0 aliphatic heterocycles. The van der Waals surface area contributed by atoms with Gasteiger partial charge in [-0.3, -0.25) is 0 Å². The minimum atomic E-state index is 0. The van der Waals surface area contributed by atoms with E-state index in [0.29, 0.717) is 4.38 Å². The summed E-state index contributed by atoms with van der Waals surface area (Å²) in [7, 11) is 0. The summed E-state index contributed by atoms with van der Waals surface area (Å²) in [6.45, 7) is 7.17. The van der Waals surface area contributed by atoms with Crippen LogP contribution in [0.3, 0.4) is 0 Å². The van der Waals surface area contributed by atoms with Crippen molar-refractivity contribution in [3.05, 3.63) is 0 Å². The highest BCUT2D eigenvalue weighted by Gasteiger charge is 1.88. The van der Waals surface area contributed by atoms with Gasteiger partial charge in [-0.1, -0.05) is 60.2 Å². The van der Waals surface area contributed by atoms with Gasteiger partial charge in [0.2, 0.25) is 4.38 Å². The fraction of sp³-hybridized carbons (Fsp3) is 0.909. The van der Waals surface area contributed by atoms with Crippen LogP contribution < -0.4 is 0 Å². The third kappa shape index (κ3) is 29.5. The van der Waals surface area contributed by atoms with Crippen LogP contribution >= 0.6 is 24.0 Å². The first kappa shape index (κ1) is 23.8. The molecule has 0 radical (unpaired) electrons. The summed E-state index contributed by atoms with van der Waals surface area (Å²) in [5.74, 6) is 0. The molecular formula is C11H28OS2. The predicted molar refractivity (Wildman–Crippen MR) is 76.4 cm³/mol. The molecule has 0 amide bonds. The van der Waals surface area contributed by atoms with E-state index < -0.39 is 0 Å². The lowest BCUT2D eigenvalue weighted by Crippen LogP contribution is -1.95. The number of rotatable bonds is 3. The molecule has 0 saturated heterocycles. The van der Waals surface area contributed by atoms with Crippen molar-refractivity contribution in [2.24, 2.45) is 0 Å². The van der Waals surface area contributed by atoms with Crippen LogP contribution in [0.25, 0.3) is 0 Å². The van der Waals surface area contributed by atoms with E-state index in [1.807, 2.05) is 6.26 Å². The Balaban J connectivity index is -0.0000000733. The first-order valence-corrected chi connectivity index (χ1v) is 6.06. The first-order valence-electron chi connectivity index (χ1n) is 4.43. The molecule has 0 aliphatic rings. The maximum Gasteiger partial charge on any atom is 0.219 e. The maximum absolute atomic E-state index is 5.03. The van der Waals surface area contributed by atoms with Gasteiger partial charge < -0.3 is 4.74 Å². The molecule has 0 unspecified atom stereocenters. The van der Waals surface area contributed by atoms with E-state index >= 15 is 0 Å². The van der Waals surface area contributed by atoms with E-state index in [4.69, 9.17) is 17.0 Å². The molecule has 0 aromatic carbocycles. The zero-order chi connectivity index (χ0) is 9.82. The van der Waals surface area contributed by atoms with Crippen LogP contribution in [-0.4, -0.2) is 17.2 Å². The number of hydrogen-bond donors (Lipinski definition) is 0. The van der Waals surface area contributed by atoms with Crippen molar-refractivity contribution < 1.29 is 4.74 Å². The summed E-state index contributed by atoms with van der Waals surface area (Å²) in [6, 6.07) is 0. The highest BCUT2D eigenvalue weighted by Crippen LogP contribution is 1.99. The van der Waals surface area contributed by atoms with Gasteiger partial charge in [-0.2, -0.15) is 0 Å². The lowest BCUT2D eigenvalue weighted by Gasteiger charge is -1.99. The molecule has 0 spiro atoms. The molecule has 3 heteroatoms. The molecule has 90 valence electrons. The zero-order valence-electron chi connectivity index (χ0n) is 8.55. The average molecular weight is 240 g/mol. The largest absolute Gasteiger partial charge is 0.479 e. The molecule has 0 heterocycles. The summed E-state index contributed by atoms with van der Waals surface area (Å²) in [6.07, 6.45) is 5.58. The smallest absolute Gasteiger partial charge is 0.219 e. The topological polar surface area (TPSA) is 9.23 Å². The van der Waals surface area contributed by atoms with Gasteiger partial charge in [-0.15, -0.1) is 0 Å². The summed E-state index contributed by atoms with van der Waals surface area (Å²) in [4.78, 5) is 0. The second kappa shape index (κ2) is 23.2. The average Bonchev–Trinajstić information content (AvgIpc) is 2.14. The number of hydrogen-bond acceptors (Lipinski definition) is 3. The fourth-order valence-electron chi connectivity index (χ4n) is 0.244. The molecular weight excluding hydrogens is 212 g/mol. The Bertz CT molecular complexity index is 93.3. The highest BCUT2D eigenvalue weighted by atomic mass is 32.2. The molecule has 0 saturated carbocycles. The van der Waals surface area contributed by atoms with Crippen molar-refractivity contribution in [3.8, 4) is 0 Å². The summed E-state index contributed by atoms with van der Waals surface area (Å²) in [5.41, 5.74) is 0. The number of thioether (sulfide) groups is 1. The molecule has 14 heavy (non-hydrogen) atoms. The molecule has 0 aromatic rings.